The number of amides is 1. The van der Waals surface area contributed by atoms with Gasteiger partial charge in [0.05, 0.1) is 0 Å². The molecule has 1 fully saturated rings. The number of halogens is 2. The SMILES string of the molecule is Cl.O=C(NCC1CCCNC1)C(Sc1ccc(F)cc1)c1ccccc1. The van der Waals surface area contributed by atoms with Gasteiger partial charge in [0.2, 0.25) is 5.91 Å². The summed E-state index contributed by atoms with van der Waals surface area (Å²) in [5.74, 6) is 0.228. The summed E-state index contributed by atoms with van der Waals surface area (Å²) in [6, 6.07) is 16.0. The van der Waals surface area contributed by atoms with Crippen LogP contribution in [0.15, 0.2) is 59.5 Å². The molecule has 0 aliphatic carbocycles. The minimum absolute atomic E-state index is 0. The Morgan fingerprint density at radius 2 is 1.92 bits per heavy atom. The summed E-state index contributed by atoms with van der Waals surface area (Å²) in [6.07, 6.45) is 2.31. The molecule has 0 radical (unpaired) electrons. The molecule has 0 bridgehead atoms. The highest BCUT2D eigenvalue weighted by Gasteiger charge is 2.23. The lowest BCUT2D eigenvalue weighted by Crippen LogP contribution is -2.39. The van der Waals surface area contributed by atoms with Gasteiger partial charge in [-0.2, -0.15) is 0 Å². The molecule has 2 aromatic carbocycles. The molecule has 0 spiro atoms. The molecule has 3 rings (SSSR count). The number of benzene rings is 2. The maximum atomic E-state index is 13.1. The minimum Gasteiger partial charge on any atom is -0.355 e. The van der Waals surface area contributed by atoms with Gasteiger partial charge in [0.15, 0.2) is 0 Å². The summed E-state index contributed by atoms with van der Waals surface area (Å²) in [5.41, 5.74) is 0.955. The molecule has 1 saturated heterocycles. The van der Waals surface area contributed by atoms with E-state index in [-0.39, 0.29) is 29.4 Å². The zero-order chi connectivity index (χ0) is 17.5. The second-order valence-electron chi connectivity index (χ2n) is 6.32. The van der Waals surface area contributed by atoms with Crippen molar-refractivity contribution in [2.75, 3.05) is 19.6 Å². The number of piperidine rings is 1. The van der Waals surface area contributed by atoms with Crippen LogP contribution >= 0.6 is 24.2 Å². The molecule has 3 nitrogen and oxygen atoms in total. The predicted molar refractivity (Wildman–Crippen MR) is 107 cm³/mol. The quantitative estimate of drug-likeness (QED) is 0.721. The molecule has 1 amide bonds. The van der Waals surface area contributed by atoms with Gasteiger partial charge in [-0.05, 0) is 61.7 Å². The summed E-state index contributed by atoms with van der Waals surface area (Å²) in [7, 11) is 0. The monoisotopic (exact) mass is 394 g/mol. The van der Waals surface area contributed by atoms with E-state index >= 15 is 0 Å². The van der Waals surface area contributed by atoms with E-state index in [2.05, 4.69) is 10.6 Å². The van der Waals surface area contributed by atoms with Crippen molar-refractivity contribution < 1.29 is 9.18 Å². The Morgan fingerprint density at radius 1 is 1.19 bits per heavy atom. The van der Waals surface area contributed by atoms with E-state index in [4.69, 9.17) is 0 Å². The van der Waals surface area contributed by atoms with Gasteiger partial charge in [-0.25, -0.2) is 4.39 Å². The van der Waals surface area contributed by atoms with Gasteiger partial charge in [0.25, 0.3) is 0 Å². The van der Waals surface area contributed by atoms with Crippen molar-refractivity contribution in [1.82, 2.24) is 10.6 Å². The van der Waals surface area contributed by atoms with Gasteiger partial charge in [-0.3, -0.25) is 4.79 Å². The van der Waals surface area contributed by atoms with E-state index in [1.54, 1.807) is 12.1 Å². The average molecular weight is 395 g/mol. The number of nitrogens with one attached hydrogen (secondary N) is 2. The maximum absolute atomic E-state index is 13.1. The smallest absolute Gasteiger partial charge is 0.238 e. The highest BCUT2D eigenvalue weighted by atomic mass is 35.5. The first kappa shape index (κ1) is 20.7. The fourth-order valence-corrected chi connectivity index (χ4v) is 4.03. The molecule has 6 heteroatoms. The third-order valence-corrected chi connectivity index (χ3v) is 5.64. The zero-order valence-electron chi connectivity index (χ0n) is 14.5. The minimum atomic E-state index is -0.344. The van der Waals surface area contributed by atoms with Crippen LogP contribution in [0.2, 0.25) is 0 Å². The van der Waals surface area contributed by atoms with E-state index in [9.17, 15) is 9.18 Å². The first-order chi connectivity index (χ1) is 12.2. The standard InChI is InChI=1S/C20H23FN2OS.ClH/c21-17-8-10-18(11-9-17)25-19(16-6-2-1-3-7-16)20(24)23-14-15-5-4-12-22-13-15;/h1-3,6-11,15,19,22H,4-5,12-14H2,(H,23,24);1H. The molecule has 0 aromatic heterocycles. The molecule has 26 heavy (non-hydrogen) atoms. The van der Waals surface area contributed by atoms with Crippen LogP contribution in [0.3, 0.4) is 0 Å². The third kappa shape index (κ3) is 6.01. The topological polar surface area (TPSA) is 41.1 Å². The molecule has 140 valence electrons. The summed E-state index contributed by atoms with van der Waals surface area (Å²) < 4.78 is 13.1. The fraction of sp³-hybridized carbons (Fsp3) is 0.350. The highest BCUT2D eigenvalue weighted by molar-refractivity contribution is 8.00. The molecular weight excluding hydrogens is 371 g/mol. The van der Waals surface area contributed by atoms with Crippen LogP contribution in [0.25, 0.3) is 0 Å². The Morgan fingerprint density at radius 3 is 2.58 bits per heavy atom. The Bertz CT molecular complexity index is 678. The number of rotatable bonds is 6. The van der Waals surface area contributed by atoms with E-state index < -0.39 is 0 Å². The Labute approximate surface area is 164 Å². The van der Waals surface area contributed by atoms with Gasteiger partial charge in [0, 0.05) is 11.4 Å². The Balaban J connectivity index is 0.00000243. The van der Waals surface area contributed by atoms with Crippen molar-refractivity contribution in [3.05, 3.63) is 66.0 Å². The van der Waals surface area contributed by atoms with Crippen LogP contribution in [-0.4, -0.2) is 25.5 Å². The van der Waals surface area contributed by atoms with Crippen LogP contribution in [-0.2, 0) is 4.79 Å². The molecule has 1 aliphatic heterocycles. The van der Waals surface area contributed by atoms with Crippen LogP contribution in [0.5, 0.6) is 0 Å². The van der Waals surface area contributed by atoms with Gasteiger partial charge >= 0.3 is 0 Å². The highest BCUT2D eigenvalue weighted by Crippen LogP contribution is 2.35. The van der Waals surface area contributed by atoms with Crippen molar-refractivity contribution >= 4 is 30.1 Å². The van der Waals surface area contributed by atoms with Crippen molar-refractivity contribution in [2.45, 2.75) is 23.0 Å². The molecule has 2 aromatic rings. The summed E-state index contributed by atoms with van der Waals surface area (Å²) >= 11 is 1.45. The van der Waals surface area contributed by atoms with E-state index in [1.165, 1.54) is 23.9 Å². The lowest BCUT2D eigenvalue weighted by Gasteiger charge is -2.24. The van der Waals surface area contributed by atoms with E-state index in [0.717, 1.165) is 36.4 Å². The molecule has 2 unspecified atom stereocenters. The van der Waals surface area contributed by atoms with Crippen molar-refractivity contribution in [2.24, 2.45) is 5.92 Å². The number of carbonyl (C=O) groups excluding carboxylic acids is 1. The number of hydrogen-bond donors (Lipinski definition) is 2. The van der Waals surface area contributed by atoms with Crippen molar-refractivity contribution in [3.8, 4) is 0 Å². The van der Waals surface area contributed by atoms with Crippen molar-refractivity contribution in [1.29, 1.82) is 0 Å². The van der Waals surface area contributed by atoms with Gasteiger partial charge in [0.1, 0.15) is 11.1 Å². The summed E-state index contributed by atoms with van der Waals surface area (Å²) in [4.78, 5) is 13.7. The van der Waals surface area contributed by atoms with Crippen LogP contribution in [0.4, 0.5) is 4.39 Å². The van der Waals surface area contributed by atoms with Gasteiger partial charge in [-0.1, -0.05) is 30.3 Å². The normalized spacial score (nSPS) is 17.8. The molecule has 2 atom stereocenters. The molecule has 1 heterocycles. The van der Waals surface area contributed by atoms with E-state index in [0.29, 0.717) is 12.5 Å². The Kier molecular flexibility index (Phi) is 8.42. The summed E-state index contributed by atoms with van der Waals surface area (Å²) in [5, 5.41) is 6.14. The first-order valence-electron chi connectivity index (χ1n) is 8.68. The largest absolute Gasteiger partial charge is 0.355 e. The predicted octanol–water partition coefficient (Wildman–Crippen LogP) is 4.20. The fourth-order valence-electron chi connectivity index (χ4n) is 2.99. The first-order valence-corrected chi connectivity index (χ1v) is 9.56. The zero-order valence-corrected chi connectivity index (χ0v) is 16.1. The summed E-state index contributed by atoms with van der Waals surface area (Å²) in [6.45, 7) is 2.72. The lowest BCUT2D eigenvalue weighted by molar-refractivity contribution is -0.120. The van der Waals surface area contributed by atoms with Crippen LogP contribution in [0.1, 0.15) is 23.7 Å². The van der Waals surface area contributed by atoms with E-state index in [1.807, 2.05) is 30.3 Å². The number of thioether (sulfide) groups is 1. The van der Waals surface area contributed by atoms with Gasteiger partial charge in [-0.15, -0.1) is 24.2 Å². The second-order valence-corrected chi connectivity index (χ2v) is 7.50. The second kappa shape index (κ2) is 10.6. The molecule has 0 saturated carbocycles. The maximum Gasteiger partial charge on any atom is 0.238 e. The molecule has 1 aliphatic rings. The van der Waals surface area contributed by atoms with Crippen LogP contribution in [0, 0.1) is 11.7 Å². The molecule has 2 N–H and O–H groups in total. The van der Waals surface area contributed by atoms with Gasteiger partial charge < -0.3 is 10.6 Å². The average Bonchev–Trinajstić information content (AvgIpc) is 2.67. The Hall–Kier alpha value is -1.56. The lowest BCUT2D eigenvalue weighted by atomic mass is 9.99. The van der Waals surface area contributed by atoms with Crippen molar-refractivity contribution in [3.63, 3.8) is 0 Å². The number of hydrogen-bond acceptors (Lipinski definition) is 3. The van der Waals surface area contributed by atoms with Crippen LogP contribution < -0.4 is 10.6 Å². The molecular formula is C20H24ClFN2OS. The third-order valence-electron chi connectivity index (χ3n) is 4.37. The number of carbonyl (C=O) groups is 1.